The highest BCUT2D eigenvalue weighted by Gasteiger charge is 2.43. The molecule has 0 saturated carbocycles. The minimum Gasteiger partial charge on any atom is -0.507 e. The molecule has 8 nitrogen and oxygen atoms in total. The van der Waals surface area contributed by atoms with E-state index in [2.05, 4.69) is 0 Å². The highest BCUT2D eigenvalue weighted by Crippen LogP contribution is 2.50. The molecule has 0 radical (unpaired) electrons. The molecule has 0 fully saturated rings. The second-order valence-corrected chi connectivity index (χ2v) is 7.43. The van der Waals surface area contributed by atoms with Crippen molar-refractivity contribution in [3.8, 4) is 17.2 Å². The lowest BCUT2D eigenvalue weighted by atomic mass is 9.74. The lowest BCUT2D eigenvalue weighted by Crippen LogP contribution is -2.30. The van der Waals surface area contributed by atoms with E-state index in [1.807, 2.05) is 0 Å². The molecule has 2 aliphatic carbocycles. The average molecular weight is 412 g/mol. The van der Waals surface area contributed by atoms with E-state index in [9.17, 15) is 29.7 Å². The number of carbonyl (C=O) groups is 3. The van der Waals surface area contributed by atoms with E-state index >= 15 is 0 Å². The molecular formula is C22H20O8. The first kappa shape index (κ1) is 20.1. The Labute approximate surface area is 171 Å². The Morgan fingerprint density at radius 2 is 1.77 bits per heavy atom. The van der Waals surface area contributed by atoms with Gasteiger partial charge in [-0.05, 0) is 18.9 Å². The number of Topliss-reactive ketones (excluding diaryl/α,β-unsaturated/α-hetero) is 1. The number of phenolic OH excluding ortho intramolecular Hbond substituents is 2. The summed E-state index contributed by atoms with van der Waals surface area (Å²) in [5, 5.41) is 32.4. The van der Waals surface area contributed by atoms with Gasteiger partial charge in [0.05, 0.1) is 29.9 Å². The van der Waals surface area contributed by atoms with Crippen molar-refractivity contribution in [1.82, 2.24) is 0 Å². The van der Waals surface area contributed by atoms with E-state index in [-0.39, 0.29) is 64.4 Å². The summed E-state index contributed by atoms with van der Waals surface area (Å²) in [7, 11) is 2.73. The van der Waals surface area contributed by atoms with Gasteiger partial charge in [-0.25, -0.2) is 0 Å². The van der Waals surface area contributed by atoms with E-state index in [0.29, 0.717) is 0 Å². The first-order chi connectivity index (χ1) is 14.3. The Morgan fingerprint density at radius 3 is 2.43 bits per heavy atom. The number of phenols is 2. The Balaban J connectivity index is 1.94. The van der Waals surface area contributed by atoms with Crippen molar-refractivity contribution in [1.29, 1.82) is 0 Å². The van der Waals surface area contributed by atoms with Gasteiger partial charge in [-0.2, -0.15) is 0 Å². The smallest absolute Gasteiger partial charge is 0.202 e. The van der Waals surface area contributed by atoms with Crippen LogP contribution >= 0.6 is 0 Å². The van der Waals surface area contributed by atoms with Crippen LogP contribution in [0.2, 0.25) is 0 Å². The number of benzene rings is 2. The van der Waals surface area contributed by atoms with Crippen molar-refractivity contribution in [2.24, 2.45) is 5.92 Å². The standard InChI is InChI=1S/C22H20O8/c1-29-8-13(24)9-6-11-15(12(23)7-9)21(27)18-17(20(11)26)19(25)10-4-3-5-14(30-2)16(10)22(18)28/h3-5,9,12,23,26-27H,6-8H2,1-2H3/t9?,12-/m0/s1. The summed E-state index contributed by atoms with van der Waals surface area (Å²) in [5.41, 5.74) is -0.604. The summed E-state index contributed by atoms with van der Waals surface area (Å²) in [6.45, 7) is -0.158. The number of aliphatic hydroxyl groups is 1. The Bertz CT molecular complexity index is 1100. The highest BCUT2D eigenvalue weighted by atomic mass is 16.5. The maximum Gasteiger partial charge on any atom is 0.202 e. The number of ether oxygens (including phenoxy) is 2. The largest absolute Gasteiger partial charge is 0.507 e. The number of methoxy groups -OCH3 is 2. The molecule has 0 bridgehead atoms. The maximum absolute atomic E-state index is 13.2. The fourth-order valence-corrected chi connectivity index (χ4v) is 4.41. The molecule has 0 spiro atoms. The van der Waals surface area contributed by atoms with Crippen LogP contribution < -0.4 is 4.74 Å². The van der Waals surface area contributed by atoms with Crippen LogP contribution in [0.1, 0.15) is 55.5 Å². The summed E-state index contributed by atoms with van der Waals surface area (Å²) in [6, 6.07) is 4.51. The summed E-state index contributed by atoms with van der Waals surface area (Å²) < 4.78 is 10.1. The van der Waals surface area contributed by atoms with E-state index in [1.165, 1.54) is 26.4 Å². The molecule has 4 rings (SSSR count). The third-order valence-electron chi connectivity index (χ3n) is 5.80. The van der Waals surface area contributed by atoms with Crippen LogP contribution in [0.3, 0.4) is 0 Å². The predicted molar refractivity (Wildman–Crippen MR) is 103 cm³/mol. The monoisotopic (exact) mass is 412 g/mol. The molecule has 156 valence electrons. The van der Waals surface area contributed by atoms with Crippen molar-refractivity contribution in [3.05, 3.63) is 51.6 Å². The molecule has 3 N–H and O–H groups in total. The zero-order chi connectivity index (χ0) is 21.7. The normalized spacial score (nSPS) is 19.7. The summed E-state index contributed by atoms with van der Waals surface area (Å²) in [4.78, 5) is 38.6. The van der Waals surface area contributed by atoms with E-state index < -0.39 is 35.1 Å². The second-order valence-electron chi connectivity index (χ2n) is 7.43. The summed E-state index contributed by atoms with van der Waals surface area (Å²) in [5.74, 6) is -3.14. The summed E-state index contributed by atoms with van der Waals surface area (Å²) >= 11 is 0. The number of ketones is 3. The van der Waals surface area contributed by atoms with Crippen molar-refractivity contribution >= 4 is 17.3 Å². The Hall–Kier alpha value is -3.23. The first-order valence-electron chi connectivity index (χ1n) is 9.38. The fraction of sp³-hybridized carbons (Fsp3) is 0.318. The molecule has 30 heavy (non-hydrogen) atoms. The highest BCUT2D eigenvalue weighted by molar-refractivity contribution is 6.31. The van der Waals surface area contributed by atoms with Gasteiger partial charge in [0.1, 0.15) is 23.9 Å². The van der Waals surface area contributed by atoms with E-state index in [0.717, 1.165) is 0 Å². The van der Waals surface area contributed by atoms with Gasteiger partial charge >= 0.3 is 0 Å². The number of aliphatic hydroxyl groups excluding tert-OH is 1. The van der Waals surface area contributed by atoms with Crippen LogP contribution in [-0.4, -0.2) is 53.5 Å². The van der Waals surface area contributed by atoms with Gasteiger partial charge in [-0.1, -0.05) is 12.1 Å². The molecule has 0 amide bonds. The van der Waals surface area contributed by atoms with Crippen molar-refractivity contribution in [2.45, 2.75) is 18.9 Å². The Morgan fingerprint density at radius 1 is 1.07 bits per heavy atom. The zero-order valence-corrected chi connectivity index (χ0v) is 16.4. The molecule has 2 aromatic carbocycles. The quantitative estimate of drug-likeness (QED) is 0.552. The molecule has 0 saturated heterocycles. The average Bonchev–Trinajstić information content (AvgIpc) is 2.73. The molecule has 0 heterocycles. The maximum atomic E-state index is 13.2. The number of hydrogen-bond donors (Lipinski definition) is 3. The number of carbonyl (C=O) groups excluding carboxylic acids is 3. The first-order valence-corrected chi connectivity index (χ1v) is 9.38. The summed E-state index contributed by atoms with van der Waals surface area (Å²) in [6.07, 6.45) is -1.28. The lowest BCUT2D eigenvalue weighted by Gasteiger charge is -2.32. The van der Waals surface area contributed by atoms with E-state index in [1.54, 1.807) is 6.07 Å². The van der Waals surface area contributed by atoms with Gasteiger partial charge < -0.3 is 24.8 Å². The molecular weight excluding hydrogens is 392 g/mol. The lowest BCUT2D eigenvalue weighted by molar-refractivity contribution is -0.128. The van der Waals surface area contributed by atoms with Crippen LogP contribution in [0.25, 0.3) is 0 Å². The minimum atomic E-state index is -1.29. The van der Waals surface area contributed by atoms with Crippen LogP contribution in [-0.2, 0) is 16.0 Å². The minimum absolute atomic E-state index is 0.00300. The third-order valence-corrected chi connectivity index (χ3v) is 5.80. The molecule has 2 aromatic rings. The second kappa shape index (κ2) is 7.23. The van der Waals surface area contributed by atoms with Crippen LogP contribution in [0.15, 0.2) is 18.2 Å². The van der Waals surface area contributed by atoms with Crippen molar-refractivity contribution < 1.29 is 39.2 Å². The van der Waals surface area contributed by atoms with Gasteiger partial charge in [0.2, 0.25) is 5.78 Å². The van der Waals surface area contributed by atoms with Crippen LogP contribution in [0, 0.1) is 5.92 Å². The molecule has 2 aliphatic rings. The van der Waals surface area contributed by atoms with Crippen molar-refractivity contribution in [2.75, 3.05) is 20.8 Å². The number of fused-ring (bicyclic) bond motifs is 3. The molecule has 8 heteroatoms. The number of aromatic hydroxyl groups is 2. The molecule has 0 aromatic heterocycles. The van der Waals surface area contributed by atoms with Crippen LogP contribution in [0.4, 0.5) is 0 Å². The fourth-order valence-electron chi connectivity index (χ4n) is 4.41. The van der Waals surface area contributed by atoms with Gasteiger partial charge in [-0.3, -0.25) is 14.4 Å². The zero-order valence-electron chi connectivity index (χ0n) is 16.4. The predicted octanol–water partition coefficient (Wildman–Crippen LogP) is 1.69. The van der Waals surface area contributed by atoms with Gasteiger partial charge in [0.25, 0.3) is 0 Å². The Kier molecular flexibility index (Phi) is 4.83. The molecule has 1 unspecified atom stereocenters. The topological polar surface area (TPSA) is 130 Å². The van der Waals surface area contributed by atoms with Crippen LogP contribution in [0.5, 0.6) is 17.2 Å². The molecule has 2 atom stereocenters. The number of hydrogen-bond acceptors (Lipinski definition) is 8. The SMILES string of the molecule is COCC(=O)C1Cc2c(O)c3c(c(O)c2[C@@H](O)C1)C(=O)c1c(OC)cccc1C3=O. The molecule has 0 aliphatic heterocycles. The number of rotatable bonds is 4. The van der Waals surface area contributed by atoms with Gasteiger partial charge in [0, 0.05) is 29.7 Å². The third kappa shape index (κ3) is 2.72. The van der Waals surface area contributed by atoms with E-state index in [4.69, 9.17) is 9.47 Å². The van der Waals surface area contributed by atoms with Gasteiger partial charge in [0.15, 0.2) is 11.6 Å². The van der Waals surface area contributed by atoms with Crippen molar-refractivity contribution in [3.63, 3.8) is 0 Å². The van der Waals surface area contributed by atoms with Gasteiger partial charge in [-0.15, -0.1) is 0 Å².